The van der Waals surface area contributed by atoms with Gasteiger partial charge in [-0.1, -0.05) is 12.1 Å². The maximum Gasteiger partial charge on any atom is 0.123 e. The second-order valence-electron chi connectivity index (χ2n) is 4.94. The number of rotatable bonds is 4. The predicted molar refractivity (Wildman–Crippen MR) is 59.9 cm³/mol. The van der Waals surface area contributed by atoms with Crippen molar-refractivity contribution in [2.24, 2.45) is 0 Å². The van der Waals surface area contributed by atoms with Crippen LogP contribution in [0.25, 0.3) is 0 Å². The number of nitrogens with one attached hydrogen (secondary N) is 1. The zero-order valence-electron chi connectivity index (χ0n) is 9.21. The van der Waals surface area contributed by atoms with E-state index in [2.05, 4.69) is 5.32 Å². The van der Waals surface area contributed by atoms with Gasteiger partial charge in [-0.3, -0.25) is 0 Å². The molecule has 0 aromatic heterocycles. The number of hydrogen-bond donors (Lipinski definition) is 1. The van der Waals surface area contributed by atoms with Gasteiger partial charge in [-0.05, 0) is 30.5 Å². The fourth-order valence-electron chi connectivity index (χ4n) is 2.16. The van der Waals surface area contributed by atoms with E-state index in [4.69, 9.17) is 4.74 Å². The number of halogens is 1. The highest BCUT2D eigenvalue weighted by atomic mass is 19.1. The Kier molecular flexibility index (Phi) is 2.45. The molecular formula is C13H16FNO. The first-order valence-corrected chi connectivity index (χ1v) is 5.86. The van der Waals surface area contributed by atoms with Gasteiger partial charge in [-0.15, -0.1) is 0 Å². The fraction of sp³-hybridized carbons (Fsp3) is 0.538. The van der Waals surface area contributed by atoms with Crippen LogP contribution in [0.5, 0.6) is 0 Å². The van der Waals surface area contributed by atoms with E-state index in [9.17, 15) is 4.39 Å². The molecule has 1 aliphatic heterocycles. The van der Waals surface area contributed by atoms with E-state index in [0.717, 1.165) is 12.1 Å². The minimum Gasteiger partial charge on any atom is -0.379 e. The molecule has 1 heterocycles. The topological polar surface area (TPSA) is 21.3 Å². The lowest BCUT2D eigenvalue weighted by Gasteiger charge is -2.42. The van der Waals surface area contributed by atoms with Crippen LogP contribution >= 0.6 is 0 Å². The van der Waals surface area contributed by atoms with E-state index < -0.39 is 0 Å². The first-order chi connectivity index (χ1) is 7.78. The van der Waals surface area contributed by atoms with Gasteiger partial charge in [0, 0.05) is 12.6 Å². The van der Waals surface area contributed by atoms with Gasteiger partial charge in [-0.2, -0.15) is 0 Å². The summed E-state index contributed by atoms with van der Waals surface area (Å²) in [4.78, 5) is 0. The Balaban J connectivity index is 1.77. The fourth-order valence-corrected chi connectivity index (χ4v) is 2.16. The molecule has 2 aliphatic rings. The summed E-state index contributed by atoms with van der Waals surface area (Å²) in [6, 6.07) is 7.59. The molecule has 3 heteroatoms. The average molecular weight is 221 g/mol. The molecule has 0 bridgehead atoms. The van der Waals surface area contributed by atoms with Gasteiger partial charge in [0.1, 0.15) is 5.82 Å². The molecule has 1 saturated carbocycles. The lowest BCUT2D eigenvalue weighted by Crippen LogP contribution is -2.53. The van der Waals surface area contributed by atoms with Crippen LogP contribution in [0.2, 0.25) is 0 Å². The van der Waals surface area contributed by atoms with Gasteiger partial charge in [0.25, 0.3) is 0 Å². The highest BCUT2D eigenvalue weighted by Gasteiger charge is 2.41. The van der Waals surface area contributed by atoms with E-state index in [-0.39, 0.29) is 11.2 Å². The van der Waals surface area contributed by atoms with Crippen LogP contribution in [-0.2, 0) is 10.2 Å². The maximum absolute atomic E-state index is 13.2. The second-order valence-corrected chi connectivity index (χ2v) is 4.94. The zero-order chi connectivity index (χ0) is 11.0. The largest absolute Gasteiger partial charge is 0.379 e. The molecule has 2 nitrogen and oxygen atoms in total. The van der Waals surface area contributed by atoms with Crippen molar-refractivity contribution in [3.05, 3.63) is 35.6 Å². The molecule has 1 aliphatic carbocycles. The Morgan fingerprint density at radius 2 is 2.19 bits per heavy atom. The van der Waals surface area contributed by atoms with Gasteiger partial charge in [0.15, 0.2) is 0 Å². The Morgan fingerprint density at radius 3 is 2.75 bits per heavy atom. The van der Waals surface area contributed by atoms with E-state index in [1.165, 1.54) is 18.9 Å². The van der Waals surface area contributed by atoms with E-state index in [1.807, 2.05) is 6.07 Å². The van der Waals surface area contributed by atoms with Gasteiger partial charge < -0.3 is 10.1 Å². The molecule has 1 N–H and O–H groups in total. The first-order valence-electron chi connectivity index (χ1n) is 5.86. The molecule has 3 rings (SSSR count). The SMILES string of the molecule is Fc1cccc(C2(CNC3CC3)COC2)c1. The summed E-state index contributed by atoms with van der Waals surface area (Å²) in [5.41, 5.74) is 1.07. The van der Waals surface area contributed by atoms with E-state index in [1.54, 1.807) is 12.1 Å². The molecular weight excluding hydrogens is 205 g/mol. The Labute approximate surface area is 94.8 Å². The third kappa shape index (κ3) is 1.85. The van der Waals surface area contributed by atoms with Crippen LogP contribution in [-0.4, -0.2) is 25.8 Å². The lowest BCUT2D eigenvalue weighted by atomic mass is 9.78. The van der Waals surface area contributed by atoms with Crippen molar-refractivity contribution in [1.29, 1.82) is 0 Å². The van der Waals surface area contributed by atoms with Crippen LogP contribution in [0.3, 0.4) is 0 Å². The highest BCUT2D eigenvalue weighted by Crippen LogP contribution is 2.33. The zero-order valence-corrected chi connectivity index (χ0v) is 9.21. The molecule has 2 fully saturated rings. The average Bonchev–Trinajstić information content (AvgIpc) is 3.00. The molecule has 0 spiro atoms. The van der Waals surface area contributed by atoms with Gasteiger partial charge >= 0.3 is 0 Å². The summed E-state index contributed by atoms with van der Waals surface area (Å²) in [6.45, 7) is 2.31. The van der Waals surface area contributed by atoms with Crippen LogP contribution in [0.1, 0.15) is 18.4 Å². The Bertz CT molecular complexity index is 385. The molecule has 0 unspecified atom stereocenters. The summed E-state index contributed by atoms with van der Waals surface area (Å²) in [7, 11) is 0. The van der Waals surface area contributed by atoms with Crippen molar-refractivity contribution in [3.8, 4) is 0 Å². The van der Waals surface area contributed by atoms with Crippen molar-refractivity contribution < 1.29 is 9.13 Å². The third-order valence-corrected chi connectivity index (χ3v) is 3.50. The molecule has 86 valence electrons. The quantitative estimate of drug-likeness (QED) is 0.837. The molecule has 0 amide bonds. The number of benzene rings is 1. The van der Waals surface area contributed by atoms with Crippen LogP contribution in [0.15, 0.2) is 24.3 Å². The van der Waals surface area contributed by atoms with Crippen molar-refractivity contribution in [2.45, 2.75) is 24.3 Å². The lowest BCUT2D eigenvalue weighted by molar-refractivity contribution is -0.0592. The van der Waals surface area contributed by atoms with Gasteiger partial charge in [0.2, 0.25) is 0 Å². The van der Waals surface area contributed by atoms with Crippen LogP contribution < -0.4 is 5.32 Å². The highest BCUT2D eigenvalue weighted by molar-refractivity contribution is 5.29. The minimum atomic E-state index is -0.157. The van der Waals surface area contributed by atoms with Gasteiger partial charge in [0.05, 0.1) is 18.6 Å². The van der Waals surface area contributed by atoms with Crippen molar-refractivity contribution in [2.75, 3.05) is 19.8 Å². The summed E-state index contributed by atoms with van der Waals surface area (Å²) in [5.74, 6) is -0.157. The standard InChI is InChI=1S/C13H16FNO/c14-11-3-1-2-10(6-11)13(8-16-9-13)7-15-12-4-5-12/h1-3,6,12,15H,4-5,7-9H2. The smallest absolute Gasteiger partial charge is 0.123 e. The van der Waals surface area contributed by atoms with Crippen LogP contribution in [0, 0.1) is 5.82 Å². The predicted octanol–water partition coefficient (Wildman–Crippen LogP) is 1.85. The summed E-state index contributed by atoms with van der Waals surface area (Å²) >= 11 is 0. The Morgan fingerprint density at radius 1 is 1.38 bits per heavy atom. The van der Waals surface area contributed by atoms with E-state index in [0.29, 0.717) is 19.3 Å². The van der Waals surface area contributed by atoms with Crippen LogP contribution in [0.4, 0.5) is 4.39 Å². The third-order valence-electron chi connectivity index (χ3n) is 3.50. The normalized spacial score (nSPS) is 22.8. The second kappa shape index (κ2) is 3.82. The number of hydrogen-bond acceptors (Lipinski definition) is 2. The van der Waals surface area contributed by atoms with Crippen molar-refractivity contribution in [1.82, 2.24) is 5.32 Å². The summed E-state index contributed by atoms with van der Waals surface area (Å²) in [6.07, 6.45) is 2.56. The molecule has 1 aromatic rings. The van der Waals surface area contributed by atoms with Crippen molar-refractivity contribution in [3.63, 3.8) is 0 Å². The summed E-state index contributed by atoms with van der Waals surface area (Å²) < 4.78 is 18.5. The first kappa shape index (κ1) is 10.2. The molecule has 0 atom stereocenters. The molecule has 16 heavy (non-hydrogen) atoms. The van der Waals surface area contributed by atoms with Gasteiger partial charge in [-0.25, -0.2) is 4.39 Å². The minimum absolute atomic E-state index is 0.00465. The maximum atomic E-state index is 13.2. The molecule has 1 aromatic carbocycles. The van der Waals surface area contributed by atoms with E-state index >= 15 is 0 Å². The van der Waals surface area contributed by atoms with Crippen molar-refractivity contribution >= 4 is 0 Å². The monoisotopic (exact) mass is 221 g/mol. The summed E-state index contributed by atoms with van der Waals surface area (Å²) in [5, 5.41) is 3.51. The Hall–Kier alpha value is -0.930. The molecule has 0 radical (unpaired) electrons. The number of ether oxygens (including phenoxy) is 1. The molecule has 1 saturated heterocycles.